The highest BCUT2D eigenvalue weighted by atomic mass is 16.5. The molecule has 1 aromatic heterocycles. The molecule has 0 fully saturated rings. The van der Waals surface area contributed by atoms with Crippen LogP contribution in [0.3, 0.4) is 0 Å². The van der Waals surface area contributed by atoms with Crippen LogP contribution in [0.5, 0.6) is 5.75 Å². The fourth-order valence-corrected chi connectivity index (χ4v) is 3.33. The van der Waals surface area contributed by atoms with Crippen LogP contribution >= 0.6 is 0 Å². The van der Waals surface area contributed by atoms with Gasteiger partial charge in [0.2, 0.25) is 5.52 Å². The fraction of sp³-hybridized carbons (Fsp3) is 0.524. The maximum atomic E-state index is 11.8. The summed E-state index contributed by atoms with van der Waals surface area (Å²) >= 11 is 0. The molecule has 5 nitrogen and oxygen atoms in total. The number of hydrogen-bond acceptors (Lipinski definition) is 3. The lowest BCUT2D eigenvalue weighted by atomic mass is 10.0. The molecule has 1 heterocycles. The number of pyridine rings is 1. The Morgan fingerprint density at radius 2 is 1.85 bits per heavy atom. The van der Waals surface area contributed by atoms with Crippen molar-refractivity contribution in [2.45, 2.75) is 53.0 Å². The van der Waals surface area contributed by atoms with Crippen LogP contribution in [0.1, 0.15) is 61.1 Å². The number of aryl methyl sites for hydroxylation is 1. The number of nitrogens with one attached hydrogen (secondary N) is 2. The van der Waals surface area contributed by atoms with Gasteiger partial charge in [0, 0.05) is 13.0 Å². The summed E-state index contributed by atoms with van der Waals surface area (Å²) in [6.07, 6.45) is 4.71. The van der Waals surface area contributed by atoms with Crippen LogP contribution in [0.2, 0.25) is 0 Å². The molecule has 26 heavy (non-hydrogen) atoms. The van der Waals surface area contributed by atoms with Crippen LogP contribution < -0.4 is 9.88 Å². The van der Waals surface area contributed by atoms with Gasteiger partial charge in [-0.3, -0.25) is 0 Å². The monoisotopic (exact) mass is 360 g/mol. The minimum absolute atomic E-state index is 0.271. The average molecular weight is 360 g/mol. The third-order valence-corrected chi connectivity index (χ3v) is 4.95. The predicted molar refractivity (Wildman–Crippen MR) is 102 cm³/mol. The van der Waals surface area contributed by atoms with Gasteiger partial charge in [0.15, 0.2) is 5.69 Å². The molecule has 1 aromatic carbocycles. The number of benzene rings is 1. The highest BCUT2D eigenvalue weighted by Crippen LogP contribution is 2.28. The van der Waals surface area contributed by atoms with Gasteiger partial charge in [0.1, 0.15) is 17.9 Å². The molecule has 2 rings (SSSR count). The number of aromatic hydroxyl groups is 1. The van der Waals surface area contributed by atoms with E-state index in [9.17, 15) is 9.90 Å². The minimum Gasteiger partial charge on any atom is -0.506 e. The van der Waals surface area contributed by atoms with Gasteiger partial charge < -0.3 is 14.7 Å². The maximum absolute atomic E-state index is 11.8. The van der Waals surface area contributed by atoms with E-state index in [-0.39, 0.29) is 5.75 Å². The molecule has 3 N–H and O–H groups in total. The van der Waals surface area contributed by atoms with Crippen molar-refractivity contribution in [1.29, 1.82) is 0 Å². The fourth-order valence-electron chi connectivity index (χ4n) is 3.33. The van der Waals surface area contributed by atoms with Gasteiger partial charge in [-0.1, -0.05) is 26.7 Å². The first-order chi connectivity index (χ1) is 12.5. The highest BCUT2D eigenvalue weighted by molar-refractivity contribution is 5.95. The zero-order valence-corrected chi connectivity index (χ0v) is 16.4. The van der Waals surface area contributed by atoms with E-state index in [1.807, 2.05) is 13.0 Å². The number of aromatic nitrogens is 1. The van der Waals surface area contributed by atoms with Crippen LogP contribution in [0, 0.1) is 6.92 Å². The smallest absolute Gasteiger partial charge is 0.337 e. The number of hydrogen-bond donors (Lipinski definition) is 2. The Morgan fingerprint density at radius 1 is 1.19 bits per heavy atom. The Labute approximate surface area is 156 Å². The number of aromatic amines is 1. The number of H-pyrrole nitrogens is 1. The summed E-state index contributed by atoms with van der Waals surface area (Å²) in [5.41, 5.74) is 3.17. The molecule has 0 saturated heterocycles. The molecule has 0 radical (unpaired) electrons. The molecule has 0 atom stereocenters. The first-order valence-electron chi connectivity index (χ1n) is 9.61. The van der Waals surface area contributed by atoms with Crippen LogP contribution in [-0.2, 0) is 11.3 Å². The summed E-state index contributed by atoms with van der Waals surface area (Å²) in [4.78, 5) is 16.7. The average Bonchev–Trinajstić information content (AvgIpc) is 2.65. The zero-order valence-electron chi connectivity index (χ0n) is 16.4. The van der Waals surface area contributed by atoms with Crippen molar-refractivity contribution < 1.29 is 24.5 Å². The third-order valence-electron chi connectivity index (χ3n) is 4.95. The molecular weight excluding hydrogens is 328 g/mol. The zero-order chi connectivity index (χ0) is 19.1. The maximum Gasteiger partial charge on any atom is 0.337 e. The second-order valence-corrected chi connectivity index (χ2v) is 6.96. The molecule has 0 unspecified atom stereocenters. The molecule has 0 saturated carbocycles. The molecule has 0 aliphatic carbocycles. The lowest BCUT2D eigenvalue weighted by Gasteiger charge is -2.20. The first kappa shape index (κ1) is 20.2. The number of carbonyl (C=O) groups is 1. The molecule has 142 valence electrons. The molecule has 5 heteroatoms. The standard InChI is InChI=1S/C21H30N2O3/c1-5-7-11-23(12-8-6-2)14-18-15(3)22-19-10-9-16(21(25)26-4)13-17(19)20(18)24/h9-10,13H,5-8,11-12,14H2,1-4H3,(H,22,24)/p+2. The second-order valence-electron chi connectivity index (χ2n) is 6.96. The van der Waals surface area contributed by atoms with E-state index in [1.54, 1.807) is 12.1 Å². The lowest BCUT2D eigenvalue weighted by Crippen LogP contribution is -3.10. The summed E-state index contributed by atoms with van der Waals surface area (Å²) in [6, 6.07) is 5.23. The van der Waals surface area contributed by atoms with Gasteiger partial charge in [-0.2, -0.15) is 0 Å². The largest absolute Gasteiger partial charge is 0.506 e. The highest BCUT2D eigenvalue weighted by Gasteiger charge is 2.22. The lowest BCUT2D eigenvalue weighted by molar-refractivity contribution is -0.914. The Hall–Kier alpha value is -2.14. The second kappa shape index (κ2) is 9.53. The van der Waals surface area contributed by atoms with Crippen molar-refractivity contribution in [2.24, 2.45) is 0 Å². The van der Waals surface area contributed by atoms with Gasteiger partial charge in [-0.15, -0.1) is 0 Å². The van der Waals surface area contributed by atoms with Gasteiger partial charge in [0.05, 0.1) is 31.1 Å². The summed E-state index contributed by atoms with van der Waals surface area (Å²) in [6.45, 7) is 9.41. The quantitative estimate of drug-likeness (QED) is 0.675. The molecule has 0 spiro atoms. The number of rotatable bonds is 9. The van der Waals surface area contributed by atoms with Crippen LogP contribution in [0.4, 0.5) is 0 Å². The molecule has 0 aliphatic heterocycles. The molecule has 2 aromatic rings. The summed E-state index contributed by atoms with van der Waals surface area (Å²) in [5, 5.41) is 11.6. The van der Waals surface area contributed by atoms with E-state index in [1.165, 1.54) is 37.7 Å². The van der Waals surface area contributed by atoms with E-state index in [4.69, 9.17) is 4.74 Å². The van der Waals surface area contributed by atoms with E-state index in [2.05, 4.69) is 18.8 Å². The van der Waals surface area contributed by atoms with E-state index >= 15 is 0 Å². The molecule has 0 aliphatic rings. The van der Waals surface area contributed by atoms with Gasteiger partial charge in [-0.05, 0) is 25.0 Å². The van der Waals surface area contributed by atoms with Crippen molar-refractivity contribution in [3.63, 3.8) is 0 Å². The number of quaternary nitrogens is 1. The minimum atomic E-state index is -0.397. The van der Waals surface area contributed by atoms with Crippen LogP contribution in [0.25, 0.3) is 10.9 Å². The van der Waals surface area contributed by atoms with E-state index < -0.39 is 5.97 Å². The molecule has 0 amide bonds. The van der Waals surface area contributed by atoms with Crippen molar-refractivity contribution in [2.75, 3.05) is 20.2 Å². The summed E-state index contributed by atoms with van der Waals surface area (Å²) in [7, 11) is 1.36. The Bertz CT molecular complexity index is 750. The van der Waals surface area contributed by atoms with E-state index in [0.717, 1.165) is 36.4 Å². The van der Waals surface area contributed by atoms with Crippen LogP contribution in [-0.4, -0.2) is 31.3 Å². The number of ether oxygens (including phenoxy) is 1. The number of esters is 1. The summed E-state index contributed by atoms with van der Waals surface area (Å²) < 4.78 is 4.80. The van der Waals surface area contributed by atoms with E-state index in [0.29, 0.717) is 10.9 Å². The number of fused-ring (bicyclic) bond motifs is 1. The van der Waals surface area contributed by atoms with Gasteiger partial charge in [0.25, 0.3) is 0 Å². The van der Waals surface area contributed by atoms with Crippen LogP contribution in [0.15, 0.2) is 18.2 Å². The number of unbranched alkanes of at least 4 members (excludes halogenated alkanes) is 2. The first-order valence-corrected chi connectivity index (χ1v) is 9.61. The molecular formula is C21H32N2O3+2. The Kier molecular flexibility index (Phi) is 7.39. The van der Waals surface area contributed by atoms with Crippen molar-refractivity contribution in [3.05, 3.63) is 35.0 Å². The Balaban J connectivity index is 2.39. The summed E-state index contributed by atoms with van der Waals surface area (Å²) in [5.74, 6) is -0.126. The van der Waals surface area contributed by atoms with Crippen molar-refractivity contribution >= 4 is 16.9 Å². The third kappa shape index (κ3) is 4.73. The molecule has 0 bridgehead atoms. The van der Waals surface area contributed by atoms with Gasteiger partial charge in [-0.25, -0.2) is 9.78 Å². The predicted octanol–water partition coefficient (Wildman–Crippen LogP) is 2.44. The van der Waals surface area contributed by atoms with Gasteiger partial charge >= 0.3 is 5.97 Å². The van der Waals surface area contributed by atoms with Crippen molar-refractivity contribution in [3.8, 4) is 5.75 Å². The topological polar surface area (TPSA) is 65.1 Å². The van der Waals surface area contributed by atoms with Crippen molar-refractivity contribution in [1.82, 2.24) is 0 Å². The number of methoxy groups -OCH3 is 1. The number of carbonyl (C=O) groups excluding carboxylic acids is 1. The normalized spacial score (nSPS) is 11.3. The SMILES string of the molecule is CCCC[NH+](CCCC)Cc1c(C)[nH+]c2ccc(C(=O)OC)cc2c1O. The Morgan fingerprint density at radius 3 is 2.42 bits per heavy atom.